The number of hydrogen-bond donors (Lipinski definition) is 3. The second kappa shape index (κ2) is 11.4. The molecule has 0 spiro atoms. The molecule has 32 heavy (non-hydrogen) atoms. The lowest BCUT2D eigenvalue weighted by atomic mass is 9.85. The first-order valence-electron chi connectivity index (χ1n) is 11.1. The first kappa shape index (κ1) is 23.4. The molecular weight excluding hydrogens is 410 g/mol. The molecule has 1 saturated carbocycles. The number of benzene rings is 1. The van der Waals surface area contributed by atoms with Crippen molar-refractivity contribution in [2.75, 3.05) is 6.54 Å². The molecule has 2 amide bonds. The lowest BCUT2D eigenvalue weighted by Gasteiger charge is -2.29. The van der Waals surface area contributed by atoms with Crippen molar-refractivity contribution in [3.05, 3.63) is 47.3 Å². The molecule has 2 aliphatic carbocycles. The van der Waals surface area contributed by atoms with Crippen molar-refractivity contribution in [3.63, 3.8) is 0 Å². The van der Waals surface area contributed by atoms with E-state index in [1.807, 2.05) is 25.3 Å². The zero-order valence-corrected chi connectivity index (χ0v) is 18.4. The third kappa shape index (κ3) is 6.38. The summed E-state index contributed by atoms with van der Waals surface area (Å²) in [5.41, 5.74) is 3.47. The van der Waals surface area contributed by atoms with E-state index >= 15 is 0 Å². The topological polar surface area (TPSA) is 126 Å². The summed E-state index contributed by atoms with van der Waals surface area (Å²) in [6.07, 6.45) is 6.92. The van der Waals surface area contributed by atoms with Crippen LogP contribution in [0.15, 0.2) is 30.5 Å². The highest BCUT2D eigenvalue weighted by Gasteiger charge is 2.31. The van der Waals surface area contributed by atoms with E-state index in [0.29, 0.717) is 13.1 Å². The normalized spacial score (nSPS) is 19.9. The molecule has 172 valence electrons. The second-order valence-corrected chi connectivity index (χ2v) is 8.45. The van der Waals surface area contributed by atoms with E-state index in [9.17, 15) is 9.59 Å². The lowest BCUT2D eigenvalue weighted by Crippen LogP contribution is -2.43. The van der Waals surface area contributed by atoms with Gasteiger partial charge in [0.2, 0.25) is 11.8 Å². The number of aromatic nitrogens is 3. The molecule has 0 bridgehead atoms. The van der Waals surface area contributed by atoms with Crippen molar-refractivity contribution in [1.82, 2.24) is 25.6 Å². The van der Waals surface area contributed by atoms with E-state index in [4.69, 9.17) is 9.90 Å². The van der Waals surface area contributed by atoms with Crippen LogP contribution in [0.1, 0.15) is 42.5 Å². The molecule has 1 aromatic carbocycles. The summed E-state index contributed by atoms with van der Waals surface area (Å²) in [6.45, 7) is 2.83. The van der Waals surface area contributed by atoms with Crippen molar-refractivity contribution in [1.29, 1.82) is 0 Å². The summed E-state index contributed by atoms with van der Waals surface area (Å²) >= 11 is 0. The van der Waals surface area contributed by atoms with Gasteiger partial charge >= 0.3 is 0 Å². The molecule has 4 rings (SSSR count). The number of amides is 2. The molecule has 1 heterocycles. The number of nitrogens with zero attached hydrogens (tertiary/aromatic N) is 3. The van der Waals surface area contributed by atoms with E-state index in [1.54, 1.807) is 4.68 Å². The summed E-state index contributed by atoms with van der Waals surface area (Å²) < 4.78 is 1.74. The summed E-state index contributed by atoms with van der Waals surface area (Å²) in [4.78, 5) is 33.4. The number of nitrogens with one attached hydrogen (secondary N) is 2. The molecule has 0 saturated heterocycles. The van der Waals surface area contributed by atoms with Crippen molar-refractivity contribution in [2.45, 2.75) is 58.0 Å². The molecule has 3 N–H and O–H groups in total. The molecular formula is C23H31N5O4. The Kier molecular flexibility index (Phi) is 8.35. The van der Waals surface area contributed by atoms with Gasteiger partial charge in [-0.15, -0.1) is 5.10 Å². The minimum Gasteiger partial charge on any atom is -0.483 e. The van der Waals surface area contributed by atoms with Gasteiger partial charge in [-0.25, -0.2) is 0 Å². The molecule has 9 nitrogen and oxygen atoms in total. The van der Waals surface area contributed by atoms with E-state index in [1.165, 1.54) is 11.1 Å². The van der Waals surface area contributed by atoms with Crippen LogP contribution in [0.5, 0.6) is 0 Å². The smallest absolute Gasteiger partial charge is 0.290 e. The van der Waals surface area contributed by atoms with Crippen molar-refractivity contribution < 1.29 is 19.5 Å². The van der Waals surface area contributed by atoms with Crippen LogP contribution in [0.2, 0.25) is 0 Å². The summed E-state index contributed by atoms with van der Waals surface area (Å²) in [5.74, 6) is 0.361. The number of hydrogen-bond acceptors (Lipinski definition) is 5. The Morgan fingerprint density at radius 1 is 1.09 bits per heavy atom. The summed E-state index contributed by atoms with van der Waals surface area (Å²) in [6, 6.07) is 8.51. The summed E-state index contributed by atoms with van der Waals surface area (Å²) in [5, 5.41) is 21.1. The number of carbonyl (C=O) groups excluding carboxylic acids is 2. The Labute approximate surface area is 187 Å². The van der Waals surface area contributed by atoms with Gasteiger partial charge in [-0.3, -0.25) is 19.1 Å². The monoisotopic (exact) mass is 441 g/mol. The van der Waals surface area contributed by atoms with E-state index < -0.39 is 0 Å². The zero-order valence-electron chi connectivity index (χ0n) is 18.4. The first-order chi connectivity index (χ1) is 15.5. The Hall–Kier alpha value is -3.23. The Bertz CT molecular complexity index is 896. The number of carbonyl (C=O) groups is 3. The molecule has 1 fully saturated rings. The molecule has 0 aliphatic heterocycles. The minimum absolute atomic E-state index is 0.0383. The highest BCUT2D eigenvalue weighted by Crippen LogP contribution is 2.28. The highest BCUT2D eigenvalue weighted by molar-refractivity contribution is 5.81. The zero-order chi connectivity index (χ0) is 22.9. The molecule has 0 unspecified atom stereocenters. The third-order valence-corrected chi connectivity index (χ3v) is 6.16. The van der Waals surface area contributed by atoms with Gasteiger partial charge in [0, 0.05) is 30.6 Å². The molecule has 0 radical (unpaired) electrons. The molecule has 0 atom stereocenters. The maximum Gasteiger partial charge on any atom is 0.290 e. The van der Waals surface area contributed by atoms with Gasteiger partial charge in [0.15, 0.2) is 0 Å². The average molecular weight is 442 g/mol. The molecule has 1 aromatic heterocycles. The van der Waals surface area contributed by atoms with Gasteiger partial charge in [-0.1, -0.05) is 29.5 Å². The molecule has 2 aliphatic rings. The fourth-order valence-electron chi connectivity index (χ4n) is 4.51. The van der Waals surface area contributed by atoms with Crippen LogP contribution in [-0.2, 0) is 33.8 Å². The standard InChI is InChI=1S/C22H29N5O2.CH2O2/c1-15-14-27(26-25-15)11-10-23-21(28)16-6-8-20(9-7-16)24-22(29)19-12-17-4-2-3-5-18(17)13-19;2-1-3/h2-5,14,16,19-20H,6-13H2,1H3,(H,23,28)(H,24,29);1H,(H,2,3). The third-order valence-electron chi connectivity index (χ3n) is 6.16. The first-order valence-corrected chi connectivity index (χ1v) is 11.1. The van der Waals surface area contributed by atoms with Crippen LogP contribution in [0.4, 0.5) is 0 Å². The van der Waals surface area contributed by atoms with Crippen LogP contribution >= 0.6 is 0 Å². The maximum atomic E-state index is 12.7. The maximum absolute atomic E-state index is 12.7. The number of fused-ring (bicyclic) bond motifs is 1. The highest BCUT2D eigenvalue weighted by atomic mass is 16.3. The van der Waals surface area contributed by atoms with Gasteiger partial charge < -0.3 is 15.7 Å². The number of rotatable bonds is 6. The minimum atomic E-state index is -0.250. The fraction of sp³-hybridized carbons (Fsp3) is 0.522. The predicted molar refractivity (Wildman–Crippen MR) is 118 cm³/mol. The second-order valence-electron chi connectivity index (χ2n) is 8.45. The SMILES string of the molecule is Cc1cn(CCNC(=O)C2CCC(NC(=O)C3Cc4ccccc4C3)CC2)nn1.O=CO. The van der Waals surface area contributed by atoms with E-state index in [2.05, 4.69) is 33.1 Å². The van der Waals surface area contributed by atoms with Crippen LogP contribution < -0.4 is 10.6 Å². The average Bonchev–Trinajstić information content (AvgIpc) is 3.41. The Morgan fingerprint density at radius 3 is 2.28 bits per heavy atom. The van der Waals surface area contributed by atoms with Gasteiger partial charge in [-0.05, 0) is 56.6 Å². The van der Waals surface area contributed by atoms with Gasteiger partial charge in [0.1, 0.15) is 0 Å². The van der Waals surface area contributed by atoms with Gasteiger partial charge in [0.05, 0.1) is 12.2 Å². The Balaban J connectivity index is 0.000000913. The molecule has 2 aromatic rings. The van der Waals surface area contributed by atoms with Crippen LogP contribution in [0.3, 0.4) is 0 Å². The van der Waals surface area contributed by atoms with E-state index in [-0.39, 0.29) is 36.2 Å². The van der Waals surface area contributed by atoms with Crippen LogP contribution in [0, 0.1) is 18.8 Å². The number of carboxylic acid groups (broad SMARTS) is 1. The van der Waals surface area contributed by atoms with Crippen molar-refractivity contribution in [2.24, 2.45) is 11.8 Å². The van der Waals surface area contributed by atoms with Gasteiger partial charge in [0.25, 0.3) is 6.47 Å². The number of aryl methyl sites for hydroxylation is 1. The molecule has 9 heteroatoms. The van der Waals surface area contributed by atoms with Crippen molar-refractivity contribution in [3.8, 4) is 0 Å². The van der Waals surface area contributed by atoms with Crippen LogP contribution in [0.25, 0.3) is 0 Å². The lowest BCUT2D eigenvalue weighted by molar-refractivity contribution is -0.127. The van der Waals surface area contributed by atoms with Crippen LogP contribution in [-0.4, -0.2) is 51.0 Å². The fourth-order valence-corrected chi connectivity index (χ4v) is 4.51. The quantitative estimate of drug-likeness (QED) is 0.583. The van der Waals surface area contributed by atoms with Crippen molar-refractivity contribution >= 4 is 18.3 Å². The summed E-state index contributed by atoms with van der Waals surface area (Å²) in [7, 11) is 0. The largest absolute Gasteiger partial charge is 0.483 e. The van der Waals surface area contributed by atoms with Gasteiger partial charge in [-0.2, -0.15) is 0 Å². The van der Waals surface area contributed by atoms with E-state index in [0.717, 1.165) is 44.2 Å². The Morgan fingerprint density at radius 2 is 1.72 bits per heavy atom. The predicted octanol–water partition coefficient (Wildman–Crippen LogP) is 1.49.